The molecule has 0 bridgehead atoms. The Morgan fingerprint density at radius 2 is 2.12 bits per heavy atom. The Hall–Kier alpha value is -2.21. The van der Waals surface area contributed by atoms with Crippen molar-refractivity contribution in [1.82, 2.24) is 10.2 Å². The van der Waals surface area contributed by atoms with Crippen molar-refractivity contribution in [1.29, 1.82) is 0 Å². The van der Waals surface area contributed by atoms with Crippen LogP contribution in [0.4, 0.5) is 0 Å². The summed E-state index contributed by atoms with van der Waals surface area (Å²) in [6.45, 7) is 0. The van der Waals surface area contributed by atoms with E-state index in [2.05, 4.69) is 10.2 Å². The molecule has 0 saturated heterocycles. The Kier molecular flexibility index (Phi) is 2.65. The topological polar surface area (TPSA) is 96.5 Å². The molecule has 6 heteroatoms. The van der Waals surface area contributed by atoms with Gasteiger partial charge in [-0.05, 0) is 18.2 Å². The summed E-state index contributed by atoms with van der Waals surface area (Å²) in [6, 6.07) is 4.27. The van der Waals surface area contributed by atoms with Crippen molar-refractivity contribution >= 4 is 5.97 Å². The molecule has 82 valence electrons. The third kappa shape index (κ3) is 1.91. The molecule has 0 radical (unpaired) electrons. The number of aromatic nitrogens is 2. The number of rotatable bonds is 3. The second-order valence-electron chi connectivity index (χ2n) is 3.09. The van der Waals surface area contributed by atoms with Crippen molar-refractivity contribution < 1.29 is 19.4 Å². The quantitative estimate of drug-likeness (QED) is 0.795. The molecule has 2 N–H and O–H groups in total. The van der Waals surface area contributed by atoms with Crippen LogP contribution in [-0.4, -0.2) is 26.4 Å². The van der Waals surface area contributed by atoms with Gasteiger partial charge in [0.15, 0.2) is 0 Å². The van der Waals surface area contributed by atoms with E-state index in [-0.39, 0.29) is 11.5 Å². The van der Waals surface area contributed by atoms with Crippen LogP contribution in [0.2, 0.25) is 0 Å². The molecule has 2 rings (SSSR count). The highest BCUT2D eigenvalue weighted by Gasteiger charge is 2.17. The van der Waals surface area contributed by atoms with Crippen LogP contribution in [0.15, 0.2) is 35.0 Å². The predicted molar refractivity (Wildman–Crippen MR) is 51.8 cm³/mol. The van der Waals surface area contributed by atoms with Gasteiger partial charge in [-0.1, -0.05) is 0 Å². The molecule has 0 aromatic carbocycles. The Morgan fingerprint density at radius 3 is 2.69 bits per heavy atom. The normalized spacial score (nSPS) is 12.3. The molecule has 0 saturated carbocycles. The van der Waals surface area contributed by atoms with Crippen molar-refractivity contribution in [3.05, 3.63) is 47.7 Å². The average molecular weight is 220 g/mol. The van der Waals surface area contributed by atoms with Crippen LogP contribution in [0.25, 0.3) is 0 Å². The molecule has 0 aliphatic heterocycles. The first-order valence-corrected chi connectivity index (χ1v) is 4.46. The average Bonchev–Trinajstić information content (AvgIpc) is 2.78. The molecule has 2 heterocycles. The van der Waals surface area contributed by atoms with Crippen LogP contribution in [0.5, 0.6) is 0 Å². The molecule has 0 aliphatic rings. The van der Waals surface area contributed by atoms with E-state index in [1.165, 1.54) is 24.5 Å². The summed E-state index contributed by atoms with van der Waals surface area (Å²) >= 11 is 0. The zero-order chi connectivity index (χ0) is 11.5. The van der Waals surface area contributed by atoms with Gasteiger partial charge in [-0.25, -0.2) is 4.79 Å². The SMILES string of the molecule is O=C(O)c1ccc(C(O)c2ccnnc2)o1. The van der Waals surface area contributed by atoms with E-state index in [1.54, 1.807) is 6.07 Å². The molecule has 2 aromatic heterocycles. The number of furan rings is 1. The summed E-state index contributed by atoms with van der Waals surface area (Å²) in [5.74, 6) is -1.23. The third-order valence-corrected chi connectivity index (χ3v) is 2.03. The summed E-state index contributed by atoms with van der Waals surface area (Å²) in [5.41, 5.74) is 0.487. The lowest BCUT2D eigenvalue weighted by Crippen LogP contribution is -1.99. The minimum Gasteiger partial charge on any atom is -0.475 e. The molecule has 16 heavy (non-hydrogen) atoms. The molecular formula is C10H8N2O4. The van der Waals surface area contributed by atoms with Gasteiger partial charge >= 0.3 is 5.97 Å². The summed E-state index contributed by atoms with van der Waals surface area (Å²) in [4.78, 5) is 10.6. The molecule has 1 atom stereocenters. The number of aromatic carboxylic acids is 1. The van der Waals surface area contributed by atoms with Crippen molar-refractivity contribution in [3.8, 4) is 0 Å². The van der Waals surface area contributed by atoms with Gasteiger partial charge in [0.2, 0.25) is 5.76 Å². The summed E-state index contributed by atoms with van der Waals surface area (Å²) in [7, 11) is 0. The fourth-order valence-electron chi connectivity index (χ4n) is 1.24. The summed E-state index contributed by atoms with van der Waals surface area (Å²) in [6.07, 6.45) is 1.77. The van der Waals surface area contributed by atoms with E-state index in [9.17, 15) is 9.90 Å². The highest BCUT2D eigenvalue weighted by molar-refractivity contribution is 5.84. The molecule has 1 unspecified atom stereocenters. The lowest BCUT2D eigenvalue weighted by atomic mass is 10.1. The maximum Gasteiger partial charge on any atom is 0.371 e. The number of aliphatic hydroxyl groups is 1. The maximum absolute atomic E-state index is 10.6. The molecule has 0 fully saturated rings. The molecule has 0 aliphatic carbocycles. The van der Waals surface area contributed by atoms with Crippen LogP contribution in [-0.2, 0) is 0 Å². The third-order valence-electron chi connectivity index (χ3n) is 2.03. The first-order chi connectivity index (χ1) is 7.68. The Balaban J connectivity index is 2.27. The number of hydrogen-bond donors (Lipinski definition) is 2. The predicted octanol–water partition coefficient (Wildman–Crippen LogP) is 0.849. The van der Waals surface area contributed by atoms with Gasteiger partial charge in [-0.3, -0.25) is 0 Å². The van der Waals surface area contributed by atoms with Gasteiger partial charge in [0, 0.05) is 11.8 Å². The highest BCUT2D eigenvalue weighted by atomic mass is 16.4. The number of nitrogens with zero attached hydrogens (tertiary/aromatic N) is 2. The lowest BCUT2D eigenvalue weighted by molar-refractivity contribution is 0.0655. The van der Waals surface area contributed by atoms with E-state index in [0.29, 0.717) is 5.56 Å². The molecular weight excluding hydrogens is 212 g/mol. The van der Waals surface area contributed by atoms with Crippen LogP contribution in [0.3, 0.4) is 0 Å². The zero-order valence-corrected chi connectivity index (χ0v) is 8.07. The fraction of sp³-hybridized carbons (Fsp3) is 0.100. The van der Waals surface area contributed by atoms with Crippen molar-refractivity contribution in [3.63, 3.8) is 0 Å². The Morgan fingerprint density at radius 1 is 1.31 bits per heavy atom. The standard InChI is InChI=1S/C10H8N2O4/c13-9(6-3-4-11-12-5-6)7-1-2-8(16-7)10(14)15/h1-5,9,13H,(H,14,15). The largest absolute Gasteiger partial charge is 0.475 e. The first-order valence-electron chi connectivity index (χ1n) is 4.46. The summed E-state index contributed by atoms with van der Waals surface area (Å²) in [5, 5.41) is 25.7. The molecule has 0 amide bonds. The lowest BCUT2D eigenvalue weighted by Gasteiger charge is -2.05. The van der Waals surface area contributed by atoms with Gasteiger partial charge in [-0.15, -0.1) is 0 Å². The Labute approximate surface area is 90.2 Å². The first kappa shape index (κ1) is 10.3. The minimum atomic E-state index is -1.17. The number of carbonyl (C=O) groups is 1. The van der Waals surface area contributed by atoms with Gasteiger partial charge in [0.1, 0.15) is 11.9 Å². The van der Waals surface area contributed by atoms with Crippen molar-refractivity contribution in [2.24, 2.45) is 0 Å². The van der Waals surface area contributed by atoms with E-state index >= 15 is 0 Å². The van der Waals surface area contributed by atoms with Crippen molar-refractivity contribution in [2.45, 2.75) is 6.10 Å². The van der Waals surface area contributed by atoms with Gasteiger partial charge in [0.05, 0.1) is 6.20 Å². The molecule has 0 spiro atoms. The van der Waals surface area contributed by atoms with Crippen molar-refractivity contribution in [2.75, 3.05) is 0 Å². The molecule has 6 nitrogen and oxygen atoms in total. The van der Waals surface area contributed by atoms with Gasteiger partial charge < -0.3 is 14.6 Å². The van der Waals surface area contributed by atoms with Crippen LogP contribution in [0.1, 0.15) is 28.0 Å². The minimum absolute atomic E-state index is 0.158. The fourth-order valence-corrected chi connectivity index (χ4v) is 1.24. The zero-order valence-electron chi connectivity index (χ0n) is 8.07. The van der Waals surface area contributed by atoms with Gasteiger partial charge in [0.25, 0.3) is 0 Å². The molecule has 2 aromatic rings. The number of hydrogen-bond acceptors (Lipinski definition) is 5. The van der Waals surface area contributed by atoms with Crippen LogP contribution < -0.4 is 0 Å². The highest BCUT2D eigenvalue weighted by Crippen LogP contribution is 2.22. The van der Waals surface area contributed by atoms with E-state index in [1.807, 2.05) is 0 Å². The van der Waals surface area contributed by atoms with Gasteiger partial charge in [-0.2, -0.15) is 10.2 Å². The van der Waals surface area contributed by atoms with E-state index in [4.69, 9.17) is 9.52 Å². The van der Waals surface area contributed by atoms with E-state index in [0.717, 1.165) is 0 Å². The second kappa shape index (κ2) is 4.11. The monoisotopic (exact) mass is 220 g/mol. The Bertz CT molecular complexity index is 495. The number of carboxylic acids is 1. The maximum atomic E-state index is 10.6. The summed E-state index contributed by atoms with van der Waals surface area (Å²) < 4.78 is 4.96. The smallest absolute Gasteiger partial charge is 0.371 e. The number of aliphatic hydroxyl groups excluding tert-OH is 1. The van der Waals surface area contributed by atoms with Crippen LogP contribution >= 0.6 is 0 Å². The van der Waals surface area contributed by atoms with E-state index < -0.39 is 12.1 Å². The second-order valence-corrected chi connectivity index (χ2v) is 3.09. The van der Waals surface area contributed by atoms with Crippen LogP contribution in [0, 0.1) is 0 Å². The number of carboxylic acid groups (broad SMARTS) is 1.